The van der Waals surface area contributed by atoms with Crippen molar-refractivity contribution >= 4 is 9.84 Å². The second kappa shape index (κ2) is 4.87. The third-order valence-corrected chi connectivity index (χ3v) is 4.37. The first kappa shape index (κ1) is 15.6. The minimum atomic E-state index is -3.29. The molecule has 5 nitrogen and oxygen atoms in total. The highest BCUT2D eigenvalue weighted by molar-refractivity contribution is 7.90. The molecule has 0 saturated heterocycles. The van der Waals surface area contributed by atoms with E-state index in [2.05, 4.69) is 5.10 Å². The molecule has 0 unspecified atom stereocenters. The number of aromatic hydroxyl groups is 1. The normalized spacial score (nSPS) is 12.6. The zero-order valence-corrected chi connectivity index (χ0v) is 13.7. The van der Waals surface area contributed by atoms with Crippen molar-refractivity contribution in [3.05, 3.63) is 30.0 Å². The van der Waals surface area contributed by atoms with Gasteiger partial charge in [-0.2, -0.15) is 5.10 Å². The van der Waals surface area contributed by atoms with Crippen LogP contribution in [0.25, 0.3) is 11.3 Å². The van der Waals surface area contributed by atoms with E-state index in [-0.39, 0.29) is 16.2 Å². The molecule has 0 amide bonds. The van der Waals surface area contributed by atoms with E-state index in [0.717, 1.165) is 6.26 Å². The van der Waals surface area contributed by atoms with Gasteiger partial charge in [0.1, 0.15) is 5.69 Å². The maximum absolute atomic E-state index is 11.6. The van der Waals surface area contributed by atoms with E-state index in [4.69, 9.17) is 0 Å². The van der Waals surface area contributed by atoms with Gasteiger partial charge in [-0.3, -0.25) is 4.68 Å². The Morgan fingerprint density at radius 2 is 1.86 bits per heavy atom. The molecule has 0 saturated carbocycles. The topological polar surface area (TPSA) is 72.2 Å². The molecule has 0 aliphatic rings. The van der Waals surface area contributed by atoms with Gasteiger partial charge in [-0.1, -0.05) is 12.1 Å². The zero-order valence-electron chi connectivity index (χ0n) is 12.9. The lowest BCUT2D eigenvalue weighted by molar-refractivity contribution is 0.345. The fraction of sp³-hybridized carbons (Fsp3) is 0.400. The highest BCUT2D eigenvalue weighted by Gasteiger charge is 2.23. The molecule has 0 spiro atoms. The molecule has 0 bridgehead atoms. The minimum absolute atomic E-state index is 0.0792. The summed E-state index contributed by atoms with van der Waals surface area (Å²) in [6.45, 7) is 7.76. The molecule has 6 heteroatoms. The zero-order chi connectivity index (χ0) is 16.0. The highest BCUT2D eigenvalue weighted by Crippen LogP contribution is 2.34. The monoisotopic (exact) mass is 308 g/mol. The first-order valence-electron chi connectivity index (χ1n) is 6.61. The van der Waals surface area contributed by atoms with Gasteiger partial charge >= 0.3 is 0 Å². The molecule has 0 aliphatic heterocycles. The number of sulfone groups is 1. The van der Waals surface area contributed by atoms with Crippen LogP contribution in [-0.2, 0) is 15.4 Å². The van der Waals surface area contributed by atoms with Crippen molar-refractivity contribution in [2.24, 2.45) is 0 Å². The standard InChI is InChI=1S/C15H20N2O3S/c1-10-14(18)13(16-17(10)15(2,3)4)11-7-6-8-12(9-11)21(5,19)20/h6-9,18H,1-5H3. The fourth-order valence-corrected chi connectivity index (χ4v) is 2.88. The number of rotatable bonds is 2. The predicted octanol–water partition coefficient (Wildman–Crippen LogP) is 2.72. The van der Waals surface area contributed by atoms with E-state index < -0.39 is 9.84 Å². The third-order valence-electron chi connectivity index (χ3n) is 3.26. The Bertz CT molecular complexity index is 784. The molecular formula is C15H20N2O3S. The van der Waals surface area contributed by atoms with Gasteiger partial charge in [0.25, 0.3) is 0 Å². The molecule has 0 fully saturated rings. The Kier molecular flexibility index (Phi) is 3.61. The van der Waals surface area contributed by atoms with Crippen molar-refractivity contribution in [2.45, 2.75) is 38.1 Å². The second-order valence-electron chi connectivity index (χ2n) is 6.17. The average molecular weight is 308 g/mol. The largest absolute Gasteiger partial charge is 0.504 e. The number of nitrogens with zero attached hydrogens (tertiary/aromatic N) is 2. The highest BCUT2D eigenvalue weighted by atomic mass is 32.2. The fourth-order valence-electron chi connectivity index (χ4n) is 2.22. The molecule has 114 valence electrons. The molecule has 1 heterocycles. The summed E-state index contributed by atoms with van der Waals surface area (Å²) in [6.07, 6.45) is 1.16. The Morgan fingerprint density at radius 1 is 1.24 bits per heavy atom. The molecule has 0 aliphatic carbocycles. The van der Waals surface area contributed by atoms with Gasteiger partial charge in [-0.25, -0.2) is 8.42 Å². The number of aromatic nitrogens is 2. The van der Waals surface area contributed by atoms with Gasteiger partial charge in [0.05, 0.1) is 16.1 Å². The van der Waals surface area contributed by atoms with Crippen molar-refractivity contribution in [3.63, 3.8) is 0 Å². The minimum Gasteiger partial charge on any atom is -0.504 e. The molecule has 1 aromatic carbocycles. The van der Waals surface area contributed by atoms with Crippen LogP contribution in [0.15, 0.2) is 29.2 Å². The smallest absolute Gasteiger partial charge is 0.175 e. The summed E-state index contributed by atoms with van der Waals surface area (Å²) in [4.78, 5) is 0.211. The third kappa shape index (κ3) is 2.95. The first-order chi connectivity index (χ1) is 9.51. The summed E-state index contributed by atoms with van der Waals surface area (Å²) in [7, 11) is -3.29. The van der Waals surface area contributed by atoms with Gasteiger partial charge < -0.3 is 5.11 Å². The van der Waals surface area contributed by atoms with Crippen molar-refractivity contribution < 1.29 is 13.5 Å². The van der Waals surface area contributed by atoms with Crippen molar-refractivity contribution in [2.75, 3.05) is 6.26 Å². The van der Waals surface area contributed by atoms with Crippen LogP contribution in [0.1, 0.15) is 26.5 Å². The van der Waals surface area contributed by atoms with Gasteiger partial charge in [-0.05, 0) is 39.8 Å². The summed E-state index contributed by atoms with van der Waals surface area (Å²) >= 11 is 0. The van der Waals surface area contributed by atoms with Crippen LogP contribution >= 0.6 is 0 Å². The van der Waals surface area contributed by atoms with Gasteiger partial charge in [-0.15, -0.1) is 0 Å². The van der Waals surface area contributed by atoms with E-state index >= 15 is 0 Å². The first-order valence-corrected chi connectivity index (χ1v) is 8.50. The molecule has 2 rings (SSSR count). The molecule has 1 aromatic heterocycles. The van der Waals surface area contributed by atoms with Crippen LogP contribution in [0.4, 0.5) is 0 Å². The molecule has 21 heavy (non-hydrogen) atoms. The van der Waals surface area contributed by atoms with Crippen molar-refractivity contribution in [3.8, 4) is 17.0 Å². The Labute approximate surface area is 125 Å². The van der Waals surface area contributed by atoms with E-state index in [1.165, 1.54) is 12.1 Å². The second-order valence-corrected chi connectivity index (χ2v) is 8.18. The molecule has 0 atom stereocenters. The van der Waals surface area contributed by atoms with E-state index in [9.17, 15) is 13.5 Å². The maximum Gasteiger partial charge on any atom is 0.175 e. The van der Waals surface area contributed by atoms with Crippen LogP contribution in [0.2, 0.25) is 0 Å². The molecule has 2 aromatic rings. The van der Waals surface area contributed by atoms with E-state index in [0.29, 0.717) is 17.0 Å². The van der Waals surface area contributed by atoms with Crippen LogP contribution in [-0.4, -0.2) is 29.6 Å². The Morgan fingerprint density at radius 3 is 2.33 bits per heavy atom. The Balaban J connectivity index is 2.64. The van der Waals surface area contributed by atoms with Crippen LogP contribution < -0.4 is 0 Å². The lowest BCUT2D eigenvalue weighted by atomic mass is 10.1. The lowest BCUT2D eigenvalue weighted by Gasteiger charge is -2.20. The van der Waals surface area contributed by atoms with Crippen LogP contribution in [0.3, 0.4) is 0 Å². The predicted molar refractivity (Wildman–Crippen MR) is 82.2 cm³/mol. The van der Waals surface area contributed by atoms with Crippen LogP contribution in [0.5, 0.6) is 5.75 Å². The Hall–Kier alpha value is -1.82. The summed E-state index contributed by atoms with van der Waals surface area (Å²) in [5.41, 5.74) is 1.37. The van der Waals surface area contributed by atoms with Gasteiger partial charge in [0, 0.05) is 11.8 Å². The summed E-state index contributed by atoms with van der Waals surface area (Å²) in [5.74, 6) is 0.0792. The maximum atomic E-state index is 11.6. The van der Waals surface area contributed by atoms with Crippen molar-refractivity contribution in [1.29, 1.82) is 0 Å². The number of benzene rings is 1. The SMILES string of the molecule is Cc1c(O)c(-c2cccc(S(C)(=O)=O)c2)nn1C(C)(C)C. The quantitative estimate of drug-likeness (QED) is 0.926. The van der Waals surface area contributed by atoms with Gasteiger partial charge in [0.15, 0.2) is 15.6 Å². The van der Waals surface area contributed by atoms with E-state index in [1.807, 2.05) is 20.8 Å². The summed E-state index contributed by atoms with van der Waals surface area (Å²) < 4.78 is 25.0. The molecule has 1 N–H and O–H groups in total. The lowest BCUT2D eigenvalue weighted by Crippen LogP contribution is -2.24. The van der Waals surface area contributed by atoms with Gasteiger partial charge in [0.2, 0.25) is 0 Å². The average Bonchev–Trinajstić information content (AvgIpc) is 2.65. The summed E-state index contributed by atoms with van der Waals surface area (Å²) in [5, 5.41) is 14.7. The summed E-state index contributed by atoms with van der Waals surface area (Å²) in [6, 6.07) is 6.45. The van der Waals surface area contributed by atoms with Crippen molar-refractivity contribution in [1.82, 2.24) is 9.78 Å². The molecule has 0 radical (unpaired) electrons. The number of hydrogen-bond acceptors (Lipinski definition) is 4. The number of hydrogen-bond donors (Lipinski definition) is 1. The molecular weight excluding hydrogens is 288 g/mol. The van der Waals surface area contributed by atoms with E-state index in [1.54, 1.807) is 23.7 Å². The van der Waals surface area contributed by atoms with Crippen LogP contribution in [0, 0.1) is 6.92 Å².